The molecule has 0 saturated carbocycles. The first kappa shape index (κ1) is 20.1. The molecule has 3 amide bonds. The SMILES string of the molecule is CCCC(=O)N(C=O)OC(=O)CNC(=O)CN1C(C)CCCC1C. The molecule has 0 aliphatic carbocycles. The predicted octanol–water partition coefficient (Wildman–Crippen LogP) is 0.609. The molecule has 1 saturated heterocycles. The van der Waals surface area contributed by atoms with Gasteiger partial charge in [0.1, 0.15) is 6.54 Å². The number of carbonyl (C=O) groups is 4. The number of nitrogens with one attached hydrogen (secondary N) is 1. The Morgan fingerprint density at radius 3 is 2.42 bits per heavy atom. The summed E-state index contributed by atoms with van der Waals surface area (Å²) in [5.41, 5.74) is 0. The van der Waals surface area contributed by atoms with E-state index in [1.54, 1.807) is 6.92 Å². The Bertz CT molecular complexity index is 459. The van der Waals surface area contributed by atoms with Crippen LogP contribution in [0.2, 0.25) is 0 Å². The van der Waals surface area contributed by atoms with E-state index in [4.69, 9.17) is 0 Å². The fourth-order valence-electron chi connectivity index (χ4n) is 2.78. The standard InChI is InChI=1S/C16H27N3O5/c1-4-6-15(22)19(11-20)24-16(23)9-17-14(21)10-18-12(2)7-5-8-13(18)3/h11-13H,4-10H2,1-3H3,(H,17,21). The third-order valence-electron chi connectivity index (χ3n) is 4.14. The highest BCUT2D eigenvalue weighted by molar-refractivity contribution is 5.88. The molecule has 0 spiro atoms. The van der Waals surface area contributed by atoms with Gasteiger partial charge in [-0.25, -0.2) is 4.79 Å². The lowest BCUT2D eigenvalue weighted by atomic mass is 9.97. The van der Waals surface area contributed by atoms with E-state index >= 15 is 0 Å². The number of hydrogen-bond donors (Lipinski definition) is 1. The maximum Gasteiger partial charge on any atom is 0.352 e. The van der Waals surface area contributed by atoms with Crippen molar-refractivity contribution in [1.82, 2.24) is 15.3 Å². The summed E-state index contributed by atoms with van der Waals surface area (Å²) in [5, 5.41) is 2.83. The normalized spacial score (nSPS) is 21.0. The minimum Gasteiger partial charge on any atom is -0.344 e. The van der Waals surface area contributed by atoms with Gasteiger partial charge in [0, 0.05) is 18.5 Å². The van der Waals surface area contributed by atoms with Gasteiger partial charge in [0.05, 0.1) is 6.54 Å². The predicted molar refractivity (Wildman–Crippen MR) is 86.4 cm³/mol. The molecule has 1 fully saturated rings. The molecule has 1 N–H and O–H groups in total. The van der Waals surface area contributed by atoms with Gasteiger partial charge >= 0.3 is 5.97 Å². The van der Waals surface area contributed by atoms with Crippen molar-refractivity contribution in [1.29, 1.82) is 0 Å². The first-order valence-corrected chi connectivity index (χ1v) is 8.39. The number of likely N-dealkylation sites (tertiary alicyclic amines) is 1. The highest BCUT2D eigenvalue weighted by Gasteiger charge is 2.26. The molecule has 136 valence electrons. The second-order valence-electron chi connectivity index (χ2n) is 6.12. The van der Waals surface area contributed by atoms with Crippen LogP contribution in [0.1, 0.15) is 52.9 Å². The highest BCUT2D eigenvalue weighted by Crippen LogP contribution is 2.21. The monoisotopic (exact) mass is 341 g/mol. The van der Waals surface area contributed by atoms with Crippen molar-refractivity contribution in [3.8, 4) is 0 Å². The molecule has 0 bridgehead atoms. The zero-order valence-corrected chi connectivity index (χ0v) is 14.6. The zero-order chi connectivity index (χ0) is 18.1. The molecule has 24 heavy (non-hydrogen) atoms. The van der Waals surface area contributed by atoms with E-state index in [1.807, 2.05) is 0 Å². The number of nitrogens with zero attached hydrogens (tertiary/aromatic N) is 2. The van der Waals surface area contributed by atoms with Crippen LogP contribution in [0.15, 0.2) is 0 Å². The number of imide groups is 1. The van der Waals surface area contributed by atoms with Crippen LogP contribution in [0, 0.1) is 0 Å². The maximum absolute atomic E-state index is 12.0. The average Bonchev–Trinajstić information content (AvgIpc) is 2.54. The number of hydrogen-bond acceptors (Lipinski definition) is 6. The molecule has 1 rings (SSSR count). The van der Waals surface area contributed by atoms with E-state index in [-0.39, 0.29) is 31.8 Å². The third-order valence-corrected chi connectivity index (χ3v) is 4.14. The molecule has 1 heterocycles. The largest absolute Gasteiger partial charge is 0.352 e. The van der Waals surface area contributed by atoms with Crippen molar-refractivity contribution in [2.45, 2.75) is 65.0 Å². The lowest BCUT2D eigenvalue weighted by Gasteiger charge is -2.38. The summed E-state index contributed by atoms with van der Waals surface area (Å²) in [6.07, 6.45) is 4.03. The highest BCUT2D eigenvalue weighted by atomic mass is 16.7. The quantitative estimate of drug-likeness (QED) is 0.538. The number of hydroxylamine groups is 2. The Hall–Kier alpha value is -1.96. The molecular formula is C16H27N3O5. The molecule has 0 aromatic carbocycles. The first-order chi connectivity index (χ1) is 11.4. The van der Waals surface area contributed by atoms with Crippen molar-refractivity contribution in [3.63, 3.8) is 0 Å². The van der Waals surface area contributed by atoms with Crippen LogP contribution in [-0.4, -0.2) is 59.3 Å². The first-order valence-electron chi connectivity index (χ1n) is 8.39. The van der Waals surface area contributed by atoms with E-state index in [2.05, 4.69) is 28.9 Å². The Morgan fingerprint density at radius 1 is 1.25 bits per heavy atom. The van der Waals surface area contributed by atoms with E-state index in [0.717, 1.165) is 19.3 Å². The fourth-order valence-corrected chi connectivity index (χ4v) is 2.78. The topological polar surface area (TPSA) is 96.0 Å². The Kier molecular flexibility index (Phi) is 8.39. The van der Waals surface area contributed by atoms with E-state index in [0.29, 0.717) is 23.6 Å². The van der Waals surface area contributed by atoms with Gasteiger partial charge in [-0.15, -0.1) is 5.06 Å². The number of carbonyl (C=O) groups excluding carboxylic acids is 4. The van der Waals surface area contributed by atoms with Crippen molar-refractivity contribution in [3.05, 3.63) is 0 Å². The summed E-state index contributed by atoms with van der Waals surface area (Å²) in [6.45, 7) is 5.75. The molecular weight excluding hydrogens is 314 g/mol. The molecule has 8 heteroatoms. The fraction of sp³-hybridized carbons (Fsp3) is 0.750. The Balaban J connectivity index is 2.38. The van der Waals surface area contributed by atoms with Gasteiger partial charge < -0.3 is 10.2 Å². The second-order valence-corrected chi connectivity index (χ2v) is 6.12. The summed E-state index contributed by atoms with van der Waals surface area (Å²) in [7, 11) is 0. The minimum atomic E-state index is -0.861. The van der Waals surface area contributed by atoms with Gasteiger partial charge in [-0.3, -0.25) is 19.3 Å². The Morgan fingerprint density at radius 2 is 1.88 bits per heavy atom. The second kappa shape index (κ2) is 10.0. The van der Waals surface area contributed by atoms with Crippen LogP contribution < -0.4 is 5.32 Å². The van der Waals surface area contributed by atoms with Gasteiger partial charge in [-0.05, 0) is 33.1 Å². The van der Waals surface area contributed by atoms with Crippen LogP contribution in [0.3, 0.4) is 0 Å². The van der Waals surface area contributed by atoms with Crippen molar-refractivity contribution >= 4 is 24.2 Å². The molecule has 1 aliphatic rings. The smallest absolute Gasteiger partial charge is 0.344 e. The van der Waals surface area contributed by atoms with Crippen LogP contribution in [-0.2, 0) is 24.0 Å². The minimum absolute atomic E-state index is 0.100. The van der Waals surface area contributed by atoms with Crippen LogP contribution in [0.25, 0.3) is 0 Å². The van der Waals surface area contributed by atoms with Gasteiger partial charge in [0.25, 0.3) is 12.3 Å². The third kappa shape index (κ3) is 6.27. The number of amides is 3. The molecule has 0 aromatic heterocycles. The maximum atomic E-state index is 12.0. The number of rotatable bonds is 7. The van der Waals surface area contributed by atoms with Crippen molar-refractivity contribution in [2.24, 2.45) is 0 Å². The summed E-state index contributed by atoms with van der Waals surface area (Å²) in [5.74, 6) is -1.74. The van der Waals surface area contributed by atoms with E-state index in [1.165, 1.54) is 0 Å². The van der Waals surface area contributed by atoms with Crippen LogP contribution in [0.5, 0.6) is 0 Å². The summed E-state index contributed by atoms with van der Waals surface area (Å²) < 4.78 is 0. The van der Waals surface area contributed by atoms with Crippen LogP contribution >= 0.6 is 0 Å². The van der Waals surface area contributed by atoms with Gasteiger partial charge in [-0.2, -0.15) is 0 Å². The lowest BCUT2D eigenvalue weighted by Crippen LogP contribution is -2.49. The summed E-state index contributed by atoms with van der Waals surface area (Å²) in [4.78, 5) is 52.6. The summed E-state index contributed by atoms with van der Waals surface area (Å²) in [6, 6.07) is 0.646. The van der Waals surface area contributed by atoms with Gasteiger partial charge in [-0.1, -0.05) is 13.3 Å². The van der Waals surface area contributed by atoms with Gasteiger partial charge in [0.15, 0.2) is 0 Å². The van der Waals surface area contributed by atoms with Crippen molar-refractivity contribution in [2.75, 3.05) is 13.1 Å². The summed E-state index contributed by atoms with van der Waals surface area (Å²) >= 11 is 0. The molecule has 1 aliphatic heterocycles. The molecule has 0 aromatic rings. The molecule has 8 nitrogen and oxygen atoms in total. The zero-order valence-electron chi connectivity index (χ0n) is 14.6. The lowest BCUT2D eigenvalue weighted by molar-refractivity contribution is -0.195. The van der Waals surface area contributed by atoms with Gasteiger partial charge in [0.2, 0.25) is 5.91 Å². The van der Waals surface area contributed by atoms with Crippen molar-refractivity contribution < 1.29 is 24.0 Å². The van der Waals surface area contributed by atoms with E-state index in [9.17, 15) is 19.2 Å². The molecule has 2 atom stereocenters. The molecule has 0 radical (unpaired) electrons. The van der Waals surface area contributed by atoms with Crippen LogP contribution in [0.4, 0.5) is 0 Å². The number of piperidine rings is 1. The van der Waals surface area contributed by atoms with E-state index < -0.39 is 11.9 Å². The Labute approximate surface area is 142 Å². The average molecular weight is 341 g/mol. The molecule has 2 unspecified atom stereocenters.